The minimum absolute atomic E-state index is 0.123. The Morgan fingerprint density at radius 2 is 1.86 bits per heavy atom. The summed E-state index contributed by atoms with van der Waals surface area (Å²) < 4.78 is 5.12. The second kappa shape index (κ2) is 10.2. The summed E-state index contributed by atoms with van der Waals surface area (Å²) in [5.41, 5.74) is 17.8. The van der Waals surface area contributed by atoms with Gasteiger partial charge in [0.1, 0.15) is 6.04 Å². The van der Waals surface area contributed by atoms with E-state index in [1.54, 1.807) is 0 Å². The van der Waals surface area contributed by atoms with E-state index in [4.69, 9.17) is 16.2 Å². The van der Waals surface area contributed by atoms with Crippen LogP contribution in [0.1, 0.15) is 47.9 Å². The van der Waals surface area contributed by atoms with Gasteiger partial charge in [0.15, 0.2) is 0 Å². The van der Waals surface area contributed by atoms with Crippen molar-refractivity contribution in [3.8, 4) is 0 Å². The lowest BCUT2D eigenvalue weighted by Crippen LogP contribution is -2.39. The molecule has 1 unspecified atom stereocenters. The average molecular weight is 379 g/mol. The normalized spacial score (nSPS) is 14.1. The smallest absolute Gasteiger partial charge is 0.324 e. The van der Waals surface area contributed by atoms with Gasteiger partial charge in [0, 0.05) is 6.54 Å². The number of allylic oxidation sites excluding steroid dienone is 1. The van der Waals surface area contributed by atoms with Crippen LogP contribution in [0.4, 0.5) is 0 Å². The van der Waals surface area contributed by atoms with Gasteiger partial charge in [-0.1, -0.05) is 54.6 Å². The number of aryl methyl sites for hydroxylation is 2. The zero-order valence-corrected chi connectivity index (χ0v) is 16.4. The van der Waals surface area contributed by atoms with Crippen LogP contribution in [0.5, 0.6) is 0 Å². The first kappa shape index (κ1) is 20.3. The molecule has 1 aliphatic carbocycles. The molecule has 0 saturated carbocycles. The Morgan fingerprint density at radius 3 is 2.64 bits per heavy atom. The van der Waals surface area contributed by atoms with E-state index in [1.807, 2.05) is 0 Å². The number of unbranched alkanes of at least 4 members (excludes halogenated alkanes) is 2. The molecule has 2 aromatic carbocycles. The topological polar surface area (TPSA) is 78.3 Å². The summed E-state index contributed by atoms with van der Waals surface area (Å²) in [4.78, 5) is 11.5. The summed E-state index contributed by atoms with van der Waals surface area (Å²) in [6.07, 6.45) is 8.54. The number of rotatable bonds is 9. The number of hydrogen-bond acceptors (Lipinski definition) is 4. The highest BCUT2D eigenvalue weighted by atomic mass is 16.5. The summed E-state index contributed by atoms with van der Waals surface area (Å²) in [7, 11) is 0. The van der Waals surface area contributed by atoms with Crippen LogP contribution >= 0.6 is 0 Å². The molecular formula is C24H30N2O2. The minimum atomic E-state index is -0.704. The Balaban J connectivity index is 1.48. The van der Waals surface area contributed by atoms with E-state index < -0.39 is 12.0 Å². The van der Waals surface area contributed by atoms with Crippen LogP contribution < -0.4 is 11.5 Å². The Labute approximate surface area is 167 Å². The molecule has 0 fully saturated rings. The molecule has 0 aliphatic heterocycles. The summed E-state index contributed by atoms with van der Waals surface area (Å²) in [5.74, 6) is -0.404. The number of hydrogen-bond donors (Lipinski definition) is 2. The number of carbonyl (C=O) groups is 1. The fourth-order valence-corrected chi connectivity index (χ4v) is 3.56. The maximum atomic E-state index is 11.5. The SMILES string of the molecule is NCC(N)C(=O)OCCCCCc1ccc2c(c1)C=C(c1ccccc1)CC2. The van der Waals surface area contributed by atoms with Crippen LogP contribution in [0.15, 0.2) is 48.5 Å². The van der Waals surface area contributed by atoms with E-state index in [1.165, 1.54) is 27.8 Å². The summed E-state index contributed by atoms with van der Waals surface area (Å²) in [6.45, 7) is 0.539. The highest BCUT2D eigenvalue weighted by Gasteiger charge is 2.13. The summed E-state index contributed by atoms with van der Waals surface area (Å²) >= 11 is 0. The number of carbonyl (C=O) groups excluding carboxylic acids is 1. The first-order valence-electron chi connectivity index (χ1n) is 10.2. The van der Waals surface area contributed by atoms with Gasteiger partial charge in [0.2, 0.25) is 0 Å². The van der Waals surface area contributed by atoms with Crippen LogP contribution in [-0.2, 0) is 22.4 Å². The second-order valence-corrected chi connectivity index (χ2v) is 7.39. The molecule has 1 atom stereocenters. The van der Waals surface area contributed by atoms with E-state index in [-0.39, 0.29) is 6.54 Å². The van der Waals surface area contributed by atoms with Crippen molar-refractivity contribution in [3.63, 3.8) is 0 Å². The Kier molecular flexibility index (Phi) is 7.40. The molecular weight excluding hydrogens is 348 g/mol. The molecule has 3 rings (SSSR count). The van der Waals surface area contributed by atoms with Crippen molar-refractivity contribution >= 4 is 17.6 Å². The van der Waals surface area contributed by atoms with Gasteiger partial charge in [-0.25, -0.2) is 0 Å². The van der Waals surface area contributed by atoms with Gasteiger partial charge in [-0.05, 0) is 66.4 Å². The third kappa shape index (κ3) is 5.54. The average Bonchev–Trinajstić information content (AvgIpc) is 2.75. The van der Waals surface area contributed by atoms with Crippen LogP contribution in [0, 0.1) is 0 Å². The third-order valence-electron chi connectivity index (χ3n) is 5.26. The zero-order valence-electron chi connectivity index (χ0n) is 16.4. The lowest BCUT2D eigenvalue weighted by atomic mass is 9.87. The maximum Gasteiger partial charge on any atom is 0.324 e. The molecule has 4 heteroatoms. The molecule has 0 aromatic heterocycles. The highest BCUT2D eigenvalue weighted by Crippen LogP contribution is 2.31. The fourth-order valence-electron chi connectivity index (χ4n) is 3.56. The van der Waals surface area contributed by atoms with Gasteiger partial charge >= 0.3 is 5.97 Å². The molecule has 148 valence electrons. The van der Waals surface area contributed by atoms with E-state index in [9.17, 15) is 4.79 Å². The zero-order chi connectivity index (χ0) is 19.8. The predicted molar refractivity (Wildman–Crippen MR) is 115 cm³/mol. The first-order chi connectivity index (χ1) is 13.7. The quantitative estimate of drug-likeness (QED) is 0.515. The lowest BCUT2D eigenvalue weighted by molar-refractivity contribution is -0.145. The molecule has 0 bridgehead atoms. The summed E-state index contributed by atoms with van der Waals surface area (Å²) in [5, 5.41) is 0. The van der Waals surface area contributed by atoms with Gasteiger partial charge in [-0.3, -0.25) is 4.79 Å². The number of fused-ring (bicyclic) bond motifs is 1. The van der Waals surface area contributed by atoms with Crippen molar-refractivity contribution in [2.75, 3.05) is 13.2 Å². The number of ether oxygens (including phenoxy) is 1. The minimum Gasteiger partial charge on any atom is -0.464 e. The molecule has 0 saturated heterocycles. The van der Waals surface area contributed by atoms with Gasteiger partial charge < -0.3 is 16.2 Å². The van der Waals surface area contributed by atoms with Crippen molar-refractivity contribution in [1.82, 2.24) is 0 Å². The van der Waals surface area contributed by atoms with Crippen LogP contribution in [0.2, 0.25) is 0 Å². The molecule has 2 aromatic rings. The Morgan fingerprint density at radius 1 is 1.04 bits per heavy atom. The van der Waals surface area contributed by atoms with Crippen LogP contribution in [0.25, 0.3) is 11.6 Å². The monoisotopic (exact) mass is 378 g/mol. The second-order valence-electron chi connectivity index (χ2n) is 7.39. The molecule has 4 N–H and O–H groups in total. The van der Waals surface area contributed by atoms with Crippen LogP contribution in [-0.4, -0.2) is 25.2 Å². The van der Waals surface area contributed by atoms with E-state index >= 15 is 0 Å². The third-order valence-corrected chi connectivity index (χ3v) is 5.26. The van der Waals surface area contributed by atoms with E-state index in [0.717, 1.165) is 38.5 Å². The molecule has 4 nitrogen and oxygen atoms in total. The van der Waals surface area contributed by atoms with Gasteiger partial charge in [-0.15, -0.1) is 0 Å². The van der Waals surface area contributed by atoms with Crippen molar-refractivity contribution < 1.29 is 9.53 Å². The van der Waals surface area contributed by atoms with Gasteiger partial charge in [0.25, 0.3) is 0 Å². The van der Waals surface area contributed by atoms with Crippen molar-refractivity contribution in [2.24, 2.45) is 11.5 Å². The number of nitrogens with two attached hydrogens (primary N) is 2. The van der Waals surface area contributed by atoms with Crippen molar-refractivity contribution in [3.05, 3.63) is 70.8 Å². The Bertz CT molecular complexity index is 815. The summed E-state index contributed by atoms with van der Waals surface area (Å²) in [6, 6.07) is 16.8. The van der Waals surface area contributed by atoms with Crippen LogP contribution in [0.3, 0.4) is 0 Å². The molecule has 0 heterocycles. The molecule has 28 heavy (non-hydrogen) atoms. The van der Waals surface area contributed by atoms with Crippen molar-refractivity contribution in [2.45, 2.75) is 44.6 Å². The number of esters is 1. The fraction of sp³-hybridized carbons (Fsp3) is 0.375. The largest absolute Gasteiger partial charge is 0.464 e. The van der Waals surface area contributed by atoms with Gasteiger partial charge in [-0.2, -0.15) is 0 Å². The molecule has 1 aliphatic rings. The van der Waals surface area contributed by atoms with E-state index in [2.05, 4.69) is 54.6 Å². The van der Waals surface area contributed by atoms with E-state index in [0.29, 0.717) is 6.61 Å². The van der Waals surface area contributed by atoms with Crippen molar-refractivity contribution in [1.29, 1.82) is 0 Å². The number of benzene rings is 2. The molecule has 0 radical (unpaired) electrons. The molecule has 0 spiro atoms. The Hall–Kier alpha value is -2.43. The molecule has 0 amide bonds. The highest BCUT2D eigenvalue weighted by molar-refractivity contribution is 5.84. The predicted octanol–water partition coefficient (Wildman–Crippen LogP) is 3.72. The van der Waals surface area contributed by atoms with Gasteiger partial charge in [0.05, 0.1) is 6.61 Å². The standard InChI is InChI=1S/C24H30N2O2/c25-17-23(26)24(27)28-14-6-2-3-7-18-10-11-20-12-13-21(16-22(20)15-18)19-8-4-1-5-9-19/h1,4-5,8-11,15-16,23H,2-3,6-7,12-14,17,25-26H2. The lowest BCUT2D eigenvalue weighted by Gasteiger charge is -2.18. The first-order valence-corrected chi connectivity index (χ1v) is 10.2. The maximum absolute atomic E-state index is 11.5.